The number of halogens is 1. The van der Waals surface area contributed by atoms with Gasteiger partial charge in [-0.25, -0.2) is 4.68 Å². The molecule has 2 fully saturated rings. The number of anilines is 4. The molecule has 22 heteroatoms. The molecule has 0 spiro atoms. The monoisotopic (exact) mass is 1200 g/mol. The van der Waals surface area contributed by atoms with Gasteiger partial charge in [0.05, 0.1) is 35.7 Å². The molecule has 2 aromatic carbocycles. The highest BCUT2D eigenvalue weighted by Gasteiger charge is 2.23. The van der Waals surface area contributed by atoms with Crippen LogP contribution in [0.5, 0.6) is 0 Å². The van der Waals surface area contributed by atoms with Crippen LogP contribution in [0.1, 0.15) is 90.5 Å². The number of aromatic nitrogens is 7. The Bertz CT molecular complexity index is 3320. The van der Waals surface area contributed by atoms with Crippen molar-refractivity contribution in [3.8, 4) is 28.4 Å². The van der Waals surface area contributed by atoms with Crippen molar-refractivity contribution in [2.45, 2.75) is 85.9 Å². The first-order chi connectivity index (χ1) is 36.9. The molecule has 79 heavy (non-hydrogen) atoms. The van der Waals surface area contributed by atoms with Crippen LogP contribution in [0.25, 0.3) is 27.4 Å². The van der Waals surface area contributed by atoms with E-state index in [1.54, 1.807) is 54.2 Å². The van der Waals surface area contributed by atoms with Crippen molar-refractivity contribution >= 4 is 48.6 Å². The van der Waals surface area contributed by atoms with Crippen LogP contribution >= 0.6 is 0 Å². The lowest BCUT2D eigenvalue weighted by Gasteiger charge is -2.33. The zero-order chi connectivity index (χ0) is 56.4. The Balaban J connectivity index is 0.000000206. The van der Waals surface area contributed by atoms with Gasteiger partial charge in [-0.05, 0) is 81.0 Å². The molecule has 7 heterocycles. The van der Waals surface area contributed by atoms with Gasteiger partial charge in [-0.2, -0.15) is 0 Å². The van der Waals surface area contributed by atoms with Gasteiger partial charge in [0.1, 0.15) is 25.3 Å². The second-order valence-corrected chi connectivity index (χ2v) is 27.5. The summed E-state index contributed by atoms with van der Waals surface area (Å²) in [6.07, 6.45) is 9.37. The van der Waals surface area contributed by atoms with Crippen molar-refractivity contribution in [3.63, 3.8) is 0 Å². The second-order valence-electron chi connectivity index (χ2n) is 22.7. The Labute approximate surface area is 481 Å². The number of nitrogens with zero attached hydrogens (tertiary/aromatic N) is 14. The summed E-state index contributed by atoms with van der Waals surface area (Å²) in [6.45, 7) is 31.0. The summed E-state index contributed by atoms with van der Waals surface area (Å²) in [5.74, 6) is 4.78. The van der Waals surface area contributed by atoms with Crippen molar-refractivity contribution in [1.82, 2.24) is 45.1 Å². The maximum atomic E-state index is 12.9. The second kappa shape index (κ2) is 26.5. The van der Waals surface area contributed by atoms with E-state index in [0.717, 1.165) is 91.7 Å². The van der Waals surface area contributed by atoms with Gasteiger partial charge in [-0.1, -0.05) is 99.9 Å². The first kappa shape index (κ1) is 60.8. The summed E-state index contributed by atoms with van der Waals surface area (Å²) in [4.78, 5) is 46.1. The van der Waals surface area contributed by atoms with Crippen LogP contribution in [-0.2, 0) is 10.8 Å². The van der Waals surface area contributed by atoms with Crippen molar-refractivity contribution in [2.24, 2.45) is 5.11 Å². The normalized spacial score (nSPS) is 14.0. The molecule has 2 aliphatic rings. The van der Waals surface area contributed by atoms with Gasteiger partial charge in [0.15, 0.2) is 11.6 Å². The minimum absolute atomic E-state index is 0. The largest absolute Gasteiger partial charge is 1.00 e. The number of piperazine rings is 2. The first-order valence-electron chi connectivity index (χ1n) is 26.0. The van der Waals surface area contributed by atoms with Gasteiger partial charge < -0.3 is 63.3 Å². The maximum Gasteiger partial charge on any atom is 0.256 e. The molecule has 2 amide bonds. The number of hydrogen-bond acceptors (Lipinski definition) is 15. The maximum absolute atomic E-state index is 12.9. The number of amides is 2. The van der Waals surface area contributed by atoms with E-state index in [9.17, 15) is 9.59 Å². The molecule has 0 radical (unpaired) electrons. The third-order valence-electron chi connectivity index (χ3n) is 12.9. The van der Waals surface area contributed by atoms with Crippen molar-refractivity contribution in [1.29, 1.82) is 0 Å². The van der Waals surface area contributed by atoms with Gasteiger partial charge in [-0.3, -0.25) is 19.6 Å². The molecule has 0 atom stereocenters. The summed E-state index contributed by atoms with van der Waals surface area (Å²) < 4.78 is 12.3. The SMILES string of the molecule is CN1CCN(c2cncc(C#C[Si](C)(C)C)c2)CC1.Cc1ccc(C(=O)Nc2cc(C(C)(C)C)on2)cc1-n1cc(-c2cncc(N3CCN(C)CC3)c2)nn1.Cc1ccc(C(=O)Nc2cc(C(C)(C)C)on2)cc1N=[N+]=[N-].[I-]. The fraction of sp³-hybridized carbons (Fsp3) is 0.404. The molecule has 20 nitrogen and oxygen atoms in total. The Hall–Kier alpha value is -7.42. The number of hydrogen-bond donors (Lipinski definition) is 2. The topological polar surface area (TPSA) is 228 Å². The van der Waals surface area contributed by atoms with Crippen LogP contribution in [-0.4, -0.2) is 131 Å². The number of likely N-dealkylation sites (N-methyl/N-ethyl adjacent to an activating group) is 2. The predicted molar refractivity (Wildman–Crippen MR) is 310 cm³/mol. The molecular weight excluding hydrogens is 1130 g/mol. The number of benzene rings is 2. The van der Waals surface area contributed by atoms with Crippen LogP contribution in [0, 0.1) is 25.3 Å². The number of carbonyl (C=O) groups is 2. The predicted octanol–water partition coefficient (Wildman–Crippen LogP) is 7.47. The average molecular weight is 1200 g/mol. The standard InChI is InChI=1S/C27H32N8O2.C15H17N5O2.C15H23N3Si.HI/c1-18-6-7-19(26(36)29-25-14-24(37-31-25)27(2,3)4)13-23(18)35-17-22(30-32-35)20-12-21(16-28-15-20)34-10-8-33(5)9-11-34;1-9-5-6-10(7-11(9)18-20-16)14(21)17-13-8-12(22-19-13)15(2,3)4;1-17-6-8-18(9-7-17)15-11-14(12-16-13-15)5-10-19(2,3)4;/h6-7,12-17H,8-11H2,1-5H3,(H,29,31,36);5-8H,1-4H3,(H,17,19,21);11-13H,6-9H2,1-4H3;1H/p-1. The zero-order valence-corrected chi connectivity index (χ0v) is 50.7. The third kappa shape index (κ3) is 17.3. The molecule has 0 saturated carbocycles. The smallest absolute Gasteiger partial charge is 0.256 e. The van der Waals surface area contributed by atoms with E-state index in [4.69, 9.17) is 14.6 Å². The fourth-order valence-corrected chi connectivity index (χ4v) is 8.49. The van der Waals surface area contributed by atoms with Crippen molar-refractivity contribution in [2.75, 3.05) is 86.9 Å². The number of rotatable bonds is 9. The van der Waals surface area contributed by atoms with E-state index in [-0.39, 0.29) is 46.6 Å². The number of nitrogens with one attached hydrogen (secondary N) is 2. The highest BCUT2D eigenvalue weighted by Crippen LogP contribution is 2.28. The van der Waals surface area contributed by atoms with E-state index in [1.165, 1.54) is 11.8 Å². The molecule has 0 aliphatic carbocycles. The molecule has 0 bridgehead atoms. The van der Waals surface area contributed by atoms with E-state index in [0.29, 0.717) is 40.0 Å². The highest BCUT2D eigenvalue weighted by atomic mass is 127. The zero-order valence-electron chi connectivity index (χ0n) is 47.6. The summed E-state index contributed by atoms with van der Waals surface area (Å²) in [5, 5.41) is 25.6. The summed E-state index contributed by atoms with van der Waals surface area (Å²) in [7, 11) is 3.00. The number of aryl methyl sites for hydroxylation is 2. The van der Waals surface area contributed by atoms with Crippen LogP contribution in [0.15, 0.2) is 106 Å². The Morgan fingerprint density at radius 1 is 0.684 bits per heavy atom. The minimum Gasteiger partial charge on any atom is -1.00 e. The van der Waals surface area contributed by atoms with Gasteiger partial charge in [0.2, 0.25) is 0 Å². The summed E-state index contributed by atoms with van der Waals surface area (Å²) in [5.41, 5.74) is 20.3. The molecular formula is C57H72IN16O4Si-. The molecule has 416 valence electrons. The van der Waals surface area contributed by atoms with Gasteiger partial charge >= 0.3 is 0 Å². The molecule has 2 saturated heterocycles. The van der Waals surface area contributed by atoms with Crippen molar-refractivity contribution < 1.29 is 42.6 Å². The molecule has 2 aliphatic heterocycles. The van der Waals surface area contributed by atoms with Gasteiger partial charge in [0, 0.05) is 121 Å². The van der Waals surface area contributed by atoms with Gasteiger partial charge in [0.25, 0.3) is 11.8 Å². The Morgan fingerprint density at radius 2 is 1.19 bits per heavy atom. The van der Waals surface area contributed by atoms with E-state index in [1.807, 2.05) is 79.3 Å². The van der Waals surface area contributed by atoms with Crippen molar-refractivity contribution in [3.05, 3.63) is 141 Å². The lowest BCUT2D eigenvalue weighted by atomic mass is 9.93. The Morgan fingerprint density at radius 3 is 1.70 bits per heavy atom. The lowest BCUT2D eigenvalue weighted by molar-refractivity contribution is -0.0000325. The molecule has 0 unspecified atom stereocenters. The highest BCUT2D eigenvalue weighted by molar-refractivity contribution is 6.83. The summed E-state index contributed by atoms with van der Waals surface area (Å²) in [6, 6.07) is 18.1. The Kier molecular flexibility index (Phi) is 20.4. The van der Waals surface area contributed by atoms with E-state index >= 15 is 0 Å². The first-order valence-corrected chi connectivity index (χ1v) is 29.5. The lowest BCUT2D eigenvalue weighted by Crippen LogP contribution is -3.00. The fourth-order valence-electron chi connectivity index (χ4n) is 7.97. The van der Waals surface area contributed by atoms with Crippen LogP contribution in [0.2, 0.25) is 19.6 Å². The average Bonchev–Trinajstić information content (AvgIpc) is 4.26. The van der Waals surface area contributed by atoms with Crippen LogP contribution in [0.3, 0.4) is 0 Å². The van der Waals surface area contributed by atoms with Crippen LogP contribution in [0.4, 0.5) is 28.7 Å². The number of azide groups is 1. The van der Waals surface area contributed by atoms with Gasteiger partial charge in [-0.15, -0.1) is 10.6 Å². The third-order valence-corrected chi connectivity index (χ3v) is 13.8. The quantitative estimate of drug-likeness (QED) is 0.0357. The minimum atomic E-state index is -1.32. The van der Waals surface area contributed by atoms with Crippen LogP contribution < -0.4 is 44.4 Å². The van der Waals surface area contributed by atoms with E-state index < -0.39 is 8.07 Å². The molecule has 5 aromatic heterocycles. The molecule has 9 rings (SSSR count). The summed E-state index contributed by atoms with van der Waals surface area (Å²) >= 11 is 0. The molecule has 7 aromatic rings. The van der Waals surface area contributed by atoms with E-state index in [2.05, 4.69) is 128 Å². The number of carbonyl (C=O) groups excluding carboxylic acids is 2. The molecule has 2 N–H and O–H groups in total. The number of pyridine rings is 2.